The van der Waals surface area contributed by atoms with Gasteiger partial charge in [0.25, 0.3) is 0 Å². The van der Waals surface area contributed by atoms with Gasteiger partial charge in [0.15, 0.2) is 21.0 Å². The average molecular weight is 194 g/mol. The van der Waals surface area contributed by atoms with E-state index < -0.39 is 0 Å². The monoisotopic (exact) mass is 194 g/mol. The molecule has 0 spiro atoms. The second-order valence-electron chi connectivity index (χ2n) is 2.19. The zero-order valence-electron chi connectivity index (χ0n) is 5.76. The van der Waals surface area contributed by atoms with Crippen LogP contribution in [0.4, 0.5) is 0 Å². The second kappa shape index (κ2) is 2.18. The van der Waals surface area contributed by atoms with Crippen molar-refractivity contribution in [2.75, 3.05) is 0 Å². The van der Waals surface area contributed by atoms with Crippen LogP contribution in [-0.2, 0) is 0 Å². The van der Waals surface area contributed by atoms with E-state index in [0.29, 0.717) is 11.3 Å². The molecular formula is C6H2N4S2. The Labute approximate surface area is 75.0 Å². The van der Waals surface area contributed by atoms with Gasteiger partial charge in [-0.3, -0.25) is 0 Å². The van der Waals surface area contributed by atoms with Crippen molar-refractivity contribution in [2.24, 2.45) is 0 Å². The molecule has 3 heterocycles. The summed E-state index contributed by atoms with van der Waals surface area (Å²) in [6, 6.07) is 0. The van der Waals surface area contributed by atoms with Crippen molar-refractivity contribution in [2.45, 2.75) is 0 Å². The van der Waals surface area contributed by atoms with Crippen molar-refractivity contribution < 1.29 is 0 Å². The first kappa shape index (κ1) is 6.38. The van der Waals surface area contributed by atoms with Gasteiger partial charge in [-0.15, -0.1) is 22.7 Å². The quantitative estimate of drug-likeness (QED) is 0.546. The van der Waals surface area contributed by atoms with Gasteiger partial charge in [0.1, 0.15) is 0 Å². The highest BCUT2D eigenvalue weighted by molar-refractivity contribution is 7.18. The van der Waals surface area contributed by atoms with E-state index in [1.54, 1.807) is 11.0 Å². The first-order chi connectivity index (χ1) is 5.93. The van der Waals surface area contributed by atoms with E-state index in [4.69, 9.17) is 0 Å². The maximum absolute atomic E-state index is 4.35. The van der Waals surface area contributed by atoms with E-state index >= 15 is 0 Å². The molecule has 0 radical (unpaired) electrons. The van der Waals surface area contributed by atoms with Crippen molar-refractivity contribution in [3.05, 3.63) is 11.0 Å². The smallest absolute Gasteiger partial charge is 0.191 e. The molecule has 0 aliphatic rings. The number of rotatable bonds is 0. The normalized spacial score (nSPS) is 11.3. The van der Waals surface area contributed by atoms with Crippen LogP contribution in [0.2, 0.25) is 0 Å². The van der Waals surface area contributed by atoms with Crippen molar-refractivity contribution in [3.63, 3.8) is 0 Å². The first-order valence-corrected chi connectivity index (χ1v) is 5.00. The molecule has 0 bridgehead atoms. The van der Waals surface area contributed by atoms with Gasteiger partial charge in [0, 0.05) is 0 Å². The molecule has 3 aromatic rings. The van der Waals surface area contributed by atoms with Crippen LogP contribution in [0.1, 0.15) is 0 Å². The van der Waals surface area contributed by atoms with Gasteiger partial charge in [-0.05, 0) is 0 Å². The Balaban J connectivity index is 2.62. The van der Waals surface area contributed by atoms with Crippen LogP contribution in [0.3, 0.4) is 0 Å². The molecule has 0 saturated carbocycles. The van der Waals surface area contributed by atoms with E-state index in [-0.39, 0.29) is 0 Å². The van der Waals surface area contributed by atoms with Gasteiger partial charge < -0.3 is 0 Å². The molecule has 58 valence electrons. The van der Waals surface area contributed by atoms with Gasteiger partial charge in [0.05, 0.1) is 11.0 Å². The summed E-state index contributed by atoms with van der Waals surface area (Å²) in [5.41, 5.74) is 4.87. The molecule has 0 unspecified atom stereocenters. The number of aromatic nitrogens is 4. The van der Waals surface area contributed by atoms with Crippen LogP contribution < -0.4 is 0 Å². The molecule has 3 aromatic heterocycles. The number of hydrogen-bond donors (Lipinski definition) is 0. The zero-order valence-corrected chi connectivity index (χ0v) is 7.39. The van der Waals surface area contributed by atoms with Crippen molar-refractivity contribution in [1.82, 2.24) is 19.9 Å². The van der Waals surface area contributed by atoms with Crippen LogP contribution in [0.5, 0.6) is 0 Å². The maximum Gasteiger partial charge on any atom is 0.191 e. The maximum atomic E-state index is 4.35. The zero-order chi connectivity index (χ0) is 7.97. The number of thiazole rings is 2. The Morgan fingerprint density at radius 3 is 2.00 bits per heavy atom. The molecule has 4 nitrogen and oxygen atoms in total. The van der Waals surface area contributed by atoms with Crippen molar-refractivity contribution in [1.29, 1.82) is 0 Å². The fourth-order valence-corrected chi connectivity index (χ4v) is 2.22. The average Bonchev–Trinajstić information content (AvgIpc) is 2.64. The second-order valence-corrected chi connectivity index (χ2v) is 3.85. The molecule has 0 saturated heterocycles. The predicted molar refractivity (Wildman–Crippen MR) is 48.4 cm³/mol. The van der Waals surface area contributed by atoms with Crippen LogP contribution in [0.25, 0.3) is 21.0 Å². The molecule has 12 heavy (non-hydrogen) atoms. The van der Waals surface area contributed by atoms with Crippen LogP contribution in [0, 0.1) is 0 Å². The lowest BCUT2D eigenvalue weighted by molar-refractivity contribution is 1.30. The topological polar surface area (TPSA) is 51.6 Å². The third-order valence-corrected chi connectivity index (χ3v) is 2.89. The number of hydrogen-bond acceptors (Lipinski definition) is 6. The van der Waals surface area contributed by atoms with E-state index in [1.807, 2.05) is 0 Å². The SMILES string of the molecule is c1nc2nc3ncsc3nc2s1. The Kier molecular flexibility index (Phi) is 1.16. The highest BCUT2D eigenvalue weighted by Gasteiger charge is 2.04. The summed E-state index contributed by atoms with van der Waals surface area (Å²) in [4.78, 5) is 18.5. The van der Waals surface area contributed by atoms with Gasteiger partial charge in [-0.2, -0.15) is 0 Å². The van der Waals surface area contributed by atoms with Crippen LogP contribution >= 0.6 is 22.7 Å². The molecule has 0 aliphatic heterocycles. The van der Waals surface area contributed by atoms with E-state index in [0.717, 1.165) is 9.66 Å². The van der Waals surface area contributed by atoms with Gasteiger partial charge in [0.2, 0.25) is 0 Å². The summed E-state index contributed by atoms with van der Waals surface area (Å²) < 4.78 is 0. The molecule has 0 aromatic carbocycles. The standard InChI is InChI=1S/C6H2N4S2/c1-7-3-5(11-1)10-6-4(9-3)8-2-12-6/h1-2H. The minimum atomic E-state index is 0.693. The van der Waals surface area contributed by atoms with E-state index in [2.05, 4.69) is 19.9 Å². The fraction of sp³-hybridized carbons (Fsp3) is 0. The first-order valence-electron chi connectivity index (χ1n) is 3.24. The molecule has 0 aliphatic carbocycles. The minimum Gasteiger partial charge on any atom is -0.223 e. The predicted octanol–water partition coefficient (Wildman–Crippen LogP) is 1.70. The lowest BCUT2D eigenvalue weighted by Crippen LogP contribution is -1.81. The lowest BCUT2D eigenvalue weighted by Gasteiger charge is -1.85. The summed E-state index contributed by atoms with van der Waals surface area (Å²) in [6.07, 6.45) is 0. The Morgan fingerprint density at radius 1 is 0.833 bits per heavy atom. The van der Waals surface area contributed by atoms with Gasteiger partial charge in [-0.1, -0.05) is 0 Å². The molecule has 6 heteroatoms. The molecule has 0 atom stereocenters. The third-order valence-electron chi connectivity index (χ3n) is 1.48. The molecule has 0 N–H and O–H groups in total. The molecule has 0 amide bonds. The summed E-state index contributed by atoms with van der Waals surface area (Å²) in [5.74, 6) is 0. The van der Waals surface area contributed by atoms with Gasteiger partial charge >= 0.3 is 0 Å². The lowest BCUT2D eigenvalue weighted by atomic mass is 10.7. The highest BCUT2D eigenvalue weighted by atomic mass is 32.1. The summed E-state index contributed by atoms with van der Waals surface area (Å²) in [5, 5.41) is 0. The molecule has 3 rings (SSSR count). The van der Waals surface area contributed by atoms with Gasteiger partial charge in [-0.25, -0.2) is 19.9 Å². The Morgan fingerprint density at radius 2 is 1.42 bits per heavy atom. The number of fused-ring (bicyclic) bond motifs is 2. The summed E-state index contributed by atoms with van der Waals surface area (Å²) in [6.45, 7) is 0. The van der Waals surface area contributed by atoms with Crippen LogP contribution in [0.15, 0.2) is 11.0 Å². The highest BCUT2D eigenvalue weighted by Crippen LogP contribution is 2.19. The van der Waals surface area contributed by atoms with E-state index in [1.165, 1.54) is 22.7 Å². The summed E-state index contributed by atoms with van der Waals surface area (Å²) in [7, 11) is 0. The largest absolute Gasteiger partial charge is 0.223 e. The number of nitrogens with zero attached hydrogens (tertiary/aromatic N) is 4. The Bertz CT molecular complexity index is 449. The summed E-state index contributed by atoms with van der Waals surface area (Å²) >= 11 is 3.00. The van der Waals surface area contributed by atoms with Crippen molar-refractivity contribution >= 4 is 43.6 Å². The minimum absolute atomic E-state index is 0.693. The van der Waals surface area contributed by atoms with Crippen LogP contribution in [-0.4, -0.2) is 19.9 Å². The fourth-order valence-electron chi connectivity index (χ4n) is 0.967. The third kappa shape index (κ3) is 0.759. The van der Waals surface area contributed by atoms with Crippen molar-refractivity contribution in [3.8, 4) is 0 Å². The molecular weight excluding hydrogens is 192 g/mol. The molecule has 0 fully saturated rings. The Hall–Kier alpha value is -1.14. The van der Waals surface area contributed by atoms with E-state index in [9.17, 15) is 0 Å².